The Hall–Kier alpha value is -1.06. The van der Waals surface area contributed by atoms with Crippen molar-refractivity contribution in [1.82, 2.24) is 10.6 Å². The second-order valence-corrected chi connectivity index (χ2v) is 7.61. The minimum Gasteiger partial charge on any atom is -0.466 e. The highest BCUT2D eigenvalue weighted by Gasteiger charge is 2.27. The molecular weight excluding hydrogens is 449 g/mol. The third kappa shape index (κ3) is 6.31. The van der Waals surface area contributed by atoms with Crippen molar-refractivity contribution in [2.24, 2.45) is 4.99 Å². The van der Waals surface area contributed by atoms with E-state index in [1.165, 1.54) is 4.88 Å². The van der Waals surface area contributed by atoms with E-state index in [-0.39, 0.29) is 29.4 Å². The van der Waals surface area contributed by atoms with E-state index >= 15 is 0 Å². The van der Waals surface area contributed by atoms with Gasteiger partial charge in [0.1, 0.15) is 11.4 Å². The Morgan fingerprint density at radius 3 is 2.56 bits per heavy atom. The molecule has 25 heavy (non-hydrogen) atoms. The van der Waals surface area contributed by atoms with E-state index < -0.39 is 5.60 Å². The van der Waals surface area contributed by atoms with Crippen molar-refractivity contribution in [2.75, 3.05) is 19.6 Å². The molecule has 0 radical (unpaired) electrons. The number of aliphatic hydroxyl groups is 1. The minimum absolute atomic E-state index is 0. The quantitative estimate of drug-likeness (QED) is 0.323. The predicted molar refractivity (Wildman–Crippen MR) is 115 cm³/mol. The molecule has 2 aromatic rings. The first-order valence-electron chi connectivity index (χ1n) is 8.18. The summed E-state index contributed by atoms with van der Waals surface area (Å²) in [5.74, 6) is 1.22. The summed E-state index contributed by atoms with van der Waals surface area (Å²) >= 11 is 1.75. The number of hydrogen-bond donors (Lipinski definition) is 3. The predicted octanol–water partition coefficient (Wildman–Crippen LogP) is 3.70. The molecule has 140 valence electrons. The number of aliphatic imine (C=N–C) groups is 1. The largest absolute Gasteiger partial charge is 0.466 e. The third-order valence-corrected chi connectivity index (χ3v) is 5.05. The molecule has 5 nitrogen and oxygen atoms in total. The molecule has 0 spiro atoms. The lowest BCUT2D eigenvalue weighted by molar-refractivity contribution is 0.0386. The Labute approximate surface area is 171 Å². The molecular formula is C18H28IN3O2S. The molecule has 0 saturated heterocycles. The van der Waals surface area contributed by atoms with Gasteiger partial charge in [-0.15, -0.1) is 35.3 Å². The van der Waals surface area contributed by atoms with Crippen molar-refractivity contribution >= 4 is 41.3 Å². The van der Waals surface area contributed by atoms with Gasteiger partial charge in [-0.25, -0.2) is 0 Å². The molecule has 0 aliphatic carbocycles. The Kier molecular flexibility index (Phi) is 8.43. The standard InChI is InChI=1S/C18H27N3O2S.HI/c1-5-19-16(20-12-17(2,3)15-9-7-11-24-15)21-13-18(4,22)14-8-6-10-23-14;/h6-11,22H,5,12-13H2,1-4H3,(H2,19,20,21);1H. The Morgan fingerprint density at radius 1 is 1.24 bits per heavy atom. The van der Waals surface area contributed by atoms with Crippen molar-refractivity contribution in [2.45, 2.75) is 38.7 Å². The SMILES string of the molecule is CCNC(=NCC(C)(C)c1cccs1)NCC(C)(O)c1ccco1.I. The summed E-state index contributed by atoms with van der Waals surface area (Å²) in [6.45, 7) is 9.84. The summed E-state index contributed by atoms with van der Waals surface area (Å²) in [6, 6.07) is 7.75. The summed E-state index contributed by atoms with van der Waals surface area (Å²) in [5, 5.41) is 19.0. The maximum atomic E-state index is 10.5. The second kappa shape index (κ2) is 9.59. The molecule has 0 aliphatic rings. The van der Waals surface area contributed by atoms with Gasteiger partial charge in [0.15, 0.2) is 5.96 Å². The van der Waals surface area contributed by atoms with Gasteiger partial charge in [-0.1, -0.05) is 19.9 Å². The molecule has 0 fully saturated rings. The van der Waals surface area contributed by atoms with Gasteiger partial charge in [0.05, 0.1) is 19.4 Å². The van der Waals surface area contributed by atoms with Gasteiger partial charge in [0.25, 0.3) is 0 Å². The van der Waals surface area contributed by atoms with E-state index in [9.17, 15) is 5.11 Å². The maximum absolute atomic E-state index is 10.5. The molecule has 1 atom stereocenters. The van der Waals surface area contributed by atoms with Gasteiger partial charge in [0.2, 0.25) is 0 Å². The topological polar surface area (TPSA) is 69.8 Å². The van der Waals surface area contributed by atoms with Crippen LogP contribution >= 0.6 is 35.3 Å². The van der Waals surface area contributed by atoms with Crippen LogP contribution < -0.4 is 10.6 Å². The highest BCUT2D eigenvalue weighted by atomic mass is 127. The molecule has 0 aromatic carbocycles. The summed E-state index contributed by atoms with van der Waals surface area (Å²) in [6.07, 6.45) is 1.56. The highest BCUT2D eigenvalue weighted by molar-refractivity contribution is 14.0. The fourth-order valence-electron chi connectivity index (χ4n) is 2.29. The average molecular weight is 477 g/mol. The number of guanidine groups is 1. The van der Waals surface area contributed by atoms with Crippen LogP contribution in [0.2, 0.25) is 0 Å². The zero-order chi connectivity index (χ0) is 17.6. The second-order valence-electron chi connectivity index (χ2n) is 6.66. The molecule has 2 rings (SSSR count). The molecule has 7 heteroatoms. The summed E-state index contributed by atoms with van der Waals surface area (Å²) in [7, 11) is 0. The van der Waals surface area contributed by atoms with Crippen molar-refractivity contribution in [3.63, 3.8) is 0 Å². The molecule has 2 heterocycles. The number of nitrogens with one attached hydrogen (secondary N) is 2. The first-order valence-corrected chi connectivity index (χ1v) is 9.05. The lowest BCUT2D eigenvalue weighted by Gasteiger charge is -2.24. The number of nitrogens with zero attached hydrogens (tertiary/aromatic N) is 1. The average Bonchev–Trinajstić information content (AvgIpc) is 3.23. The highest BCUT2D eigenvalue weighted by Crippen LogP contribution is 2.27. The molecule has 1 unspecified atom stereocenters. The van der Waals surface area contributed by atoms with Crippen LogP contribution in [-0.2, 0) is 11.0 Å². The van der Waals surface area contributed by atoms with Crippen molar-refractivity contribution in [3.8, 4) is 0 Å². The van der Waals surface area contributed by atoms with E-state index in [4.69, 9.17) is 4.42 Å². The lowest BCUT2D eigenvalue weighted by Crippen LogP contribution is -2.45. The normalized spacial score (nSPS) is 14.5. The van der Waals surface area contributed by atoms with Crippen LogP contribution in [0.5, 0.6) is 0 Å². The molecule has 3 N–H and O–H groups in total. The van der Waals surface area contributed by atoms with E-state index in [1.54, 1.807) is 36.7 Å². The first-order chi connectivity index (χ1) is 11.3. The monoisotopic (exact) mass is 477 g/mol. The van der Waals surface area contributed by atoms with Crippen LogP contribution in [0.1, 0.15) is 38.3 Å². The van der Waals surface area contributed by atoms with Gasteiger partial charge in [0, 0.05) is 16.8 Å². The van der Waals surface area contributed by atoms with Gasteiger partial charge in [-0.2, -0.15) is 0 Å². The Bertz CT molecular complexity index is 637. The molecule has 0 bridgehead atoms. The third-order valence-electron chi connectivity index (χ3n) is 3.82. The maximum Gasteiger partial charge on any atom is 0.191 e. The lowest BCUT2D eigenvalue weighted by atomic mass is 9.92. The van der Waals surface area contributed by atoms with Gasteiger partial charge >= 0.3 is 0 Å². The molecule has 0 saturated carbocycles. The number of hydrogen-bond acceptors (Lipinski definition) is 4. The van der Waals surface area contributed by atoms with Gasteiger partial charge < -0.3 is 20.2 Å². The van der Waals surface area contributed by atoms with Crippen LogP contribution in [0.15, 0.2) is 45.3 Å². The zero-order valence-electron chi connectivity index (χ0n) is 15.2. The molecule has 0 aliphatic heterocycles. The number of furan rings is 1. The van der Waals surface area contributed by atoms with Gasteiger partial charge in [-0.3, -0.25) is 4.99 Å². The van der Waals surface area contributed by atoms with E-state index in [0.717, 1.165) is 6.54 Å². The summed E-state index contributed by atoms with van der Waals surface area (Å²) < 4.78 is 5.30. The van der Waals surface area contributed by atoms with E-state index in [1.807, 2.05) is 6.92 Å². The number of rotatable bonds is 7. The van der Waals surface area contributed by atoms with Crippen LogP contribution in [-0.4, -0.2) is 30.7 Å². The minimum atomic E-state index is -1.09. The Morgan fingerprint density at radius 2 is 2.00 bits per heavy atom. The van der Waals surface area contributed by atoms with Gasteiger partial charge in [-0.05, 0) is 37.4 Å². The summed E-state index contributed by atoms with van der Waals surface area (Å²) in [5.41, 5.74) is -1.12. The van der Waals surface area contributed by atoms with Crippen LogP contribution in [0.3, 0.4) is 0 Å². The molecule has 2 aromatic heterocycles. The molecule has 0 amide bonds. The van der Waals surface area contributed by atoms with Crippen LogP contribution in [0.4, 0.5) is 0 Å². The zero-order valence-corrected chi connectivity index (χ0v) is 18.4. The smallest absolute Gasteiger partial charge is 0.191 e. The Balaban J connectivity index is 0.00000312. The van der Waals surface area contributed by atoms with Crippen molar-refractivity contribution in [1.29, 1.82) is 0 Å². The fourth-order valence-corrected chi connectivity index (χ4v) is 3.13. The van der Waals surface area contributed by atoms with Crippen LogP contribution in [0.25, 0.3) is 0 Å². The fraction of sp³-hybridized carbons (Fsp3) is 0.500. The van der Waals surface area contributed by atoms with Crippen molar-refractivity contribution in [3.05, 3.63) is 46.5 Å². The number of thiophene rings is 1. The van der Waals surface area contributed by atoms with E-state index in [0.29, 0.717) is 24.8 Å². The first kappa shape index (κ1) is 22.0. The van der Waals surface area contributed by atoms with Crippen molar-refractivity contribution < 1.29 is 9.52 Å². The van der Waals surface area contributed by atoms with Crippen LogP contribution in [0, 0.1) is 0 Å². The summed E-state index contributed by atoms with van der Waals surface area (Å²) in [4.78, 5) is 5.99. The number of halogens is 1. The van der Waals surface area contributed by atoms with E-state index in [2.05, 4.69) is 47.0 Å².